The lowest BCUT2D eigenvalue weighted by atomic mass is 10.0. The van der Waals surface area contributed by atoms with E-state index in [0.717, 1.165) is 6.07 Å². The molecule has 1 atom stereocenters. The molecule has 0 aromatic heterocycles. The highest BCUT2D eigenvalue weighted by Crippen LogP contribution is 2.21. The second kappa shape index (κ2) is 3.79. The Morgan fingerprint density at radius 2 is 1.92 bits per heavy atom. The van der Waals surface area contributed by atoms with Crippen molar-refractivity contribution in [1.82, 2.24) is 0 Å². The fourth-order valence-electron chi connectivity index (χ4n) is 1.15. The Bertz CT molecular complexity index is 299. The van der Waals surface area contributed by atoms with Gasteiger partial charge in [-0.1, -0.05) is 6.07 Å². The molecule has 1 rings (SSSR count). The van der Waals surface area contributed by atoms with Crippen LogP contribution in [0.1, 0.15) is 17.2 Å². The third-order valence-electron chi connectivity index (χ3n) is 1.86. The van der Waals surface area contributed by atoms with Gasteiger partial charge in [0.25, 0.3) is 6.43 Å². The summed E-state index contributed by atoms with van der Waals surface area (Å²) in [4.78, 5) is 0. The molecule has 1 nitrogen and oxygen atoms in total. The highest BCUT2D eigenvalue weighted by atomic mass is 19.3. The molecular formula is C9H10F3N. The Labute approximate surface area is 74.4 Å². The van der Waals surface area contributed by atoms with Gasteiger partial charge in [0.2, 0.25) is 0 Å². The van der Waals surface area contributed by atoms with E-state index in [9.17, 15) is 13.2 Å². The summed E-state index contributed by atoms with van der Waals surface area (Å²) >= 11 is 0. The number of nitrogens with two attached hydrogens (primary N) is 1. The van der Waals surface area contributed by atoms with Crippen molar-refractivity contribution in [1.29, 1.82) is 0 Å². The smallest absolute Gasteiger partial charge is 0.257 e. The van der Waals surface area contributed by atoms with Gasteiger partial charge in [-0.25, -0.2) is 13.2 Å². The van der Waals surface area contributed by atoms with Crippen LogP contribution in [0, 0.1) is 12.7 Å². The second-order valence-electron chi connectivity index (χ2n) is 2.86. The molecule has 0 saturated heterocycles. The third kappa shape index (κ3) is 2.21. The Kier molecular flexibility index (Phi) is 2.93. The number of alkyl halides is 2. The first-order valence-corrected chi connectivity index (χ1v) is 3.82. The fraction of sp³-hybridized carbons (Fsp3) is 0.333. The molecule has 0 amide bonds. The average Bonchev–Trinajstić information content (AvgIpc) is 2.03. The lowest BCUT2D eigenvalue weighted by Gasteiger charge is -2.13. The highest BCUT2D eigenvalue weighted by molar-refractivity contribution is 5.29. The molecule has 0 aliphatic carbocycles. The van der Waals surface area contributed by atoms with Crippen molar-refractivity contribution in [3.05, 3.63) is 35.1 Å². The average molecular weight is 189 g/mol. The summed E-state index contributed by atoms with van der Waals surface area (Å²) in [6.45, 7) is 1.56. The summed E-state index contributed by atoms with van der Waals surface area (Å²) in [6, 6.07) is 2.28. The van der Waals surface area contributed by atoms with Crippen LogP contribution in [-0.4, -0.2) is 6.43 Å². The summed E-state index contributed by atoms with van der Waals surface area (Å²) < 4.78 is 36.9. The van der Waals surface area contributed by atoms with Gasteiger partial charge >= 0.3 is 0 Å². The summed E-state index contributed by atoms with van der Waals surface area (Å²) in [6.07, 6.45) is -2.62. The zero-order chi connectivity index (χ0) is 10.0. The minimum absolute atomic E-state index is 0.288. The van der Waals surface area contributed by atoms with Crippen LogP contribution in [0.3, 0.4) is 0 Å². The molecule has 0 aliphatic rings. The van der Waals surface area contributed by atoms with E-state index in [0.29, 0.717) is 5.56 Å². The molecule has 0 fully saturated rings. The fourth-order valence-corrected chi connectivity index (χ4v) is 1.15. The summed E-state index contributed by atoms with van der Waals surface area (Å²) in [5, 5.41) is 0. The van der Waals surface area contributed by atoms with Crippen LogP contribution in [0.2, 0.25) is 0 Å². The zero-order valence-corrected chi connectivity index (χ0v) is 7.10. The first-order valence-electron chi connectivity index (χ1n) is 3.82. The van der Waals surface area contributed by atoms with Crippen molar-refractivity contribution in [3.8, 4) is 0 Å². The van der Waals surface area contributed by atoms with Gasteiger partial charge in [-0.3, -0.25) is 0 Å². The first kappa shape index (κ1) is 10.1. The molecule has 72 valence electrons. The summed E-state index contributed by atoms with van der Waals surface area (Å²) in [7, 11) is 0. The maximum absolute atomic E-state index is 12.6. The molecule has 0 radical (unpaired) electrons. The Morgan fingerprint density at radius 3 is 2.38 bits per heavy atom. The van der Waals surface area contributed by atoms with Crippen LogP contribution in [0.25, 0.3) is 0 Å². The molecule has 2 N–H and O–H groups in total. The topological polar surface area (TPSA) is 26.0 Å². The van der Waals surface area contributed by atoms with Crippen LogP contribution in [-0.2, 0) is 0 Å². The SMILES string of the molecule is Cc1cc(F)ccc1C(N)C(F)F. The molecule has 1 aromatic carbocycles. The van der Waals surface area contributed by atoms with E-state index in [1.807, 2.05) is 0 Å². The minimum atomic E-state index is -2.62. The number of rotatable bonds is 2. The Balaban J connectivity index is 3.01. The van der Waals surface area contributed by atoms with Gasteiger partial charge in [-0.15, -0.1) is 0 Å². The van der Waals surface area contributed by atoms with Gasteiger partial charge in [0.05, 0.1) is 6.04 Å². The molecule has 13 heavy (non-hydrogen) atoms. The number of aryl methyl sites for hydroxylation is 1. The molecule has 0 heterocycles. The van der Waals surface area contributed by atoms with E-state index in [4.69, 9.17) is 5.73 Å². The van der Waals surface area contributed by atoms with Crippen molar-refractivity contribution in [2.24, 2.45) is 5.73 Å². The predicted molar refractivity (Wildman–Crippen MR) is 44.1 cm³/mol. The van der Waals surface area contributed by atoms with E-state index in [1.54, 1.807) is 6.92 Å². The molecule has 0 spiro atoms. The monoisotopic (exact) mass is 189 g/mol. The van der Waals surface area contributed by atoms with Crippen LogP contribution < -0.4 is 5.73 Å². The minimum Gasteiger partial charge on any atom is -0.319 e. The Morgan fingerprint density at radius 1 is 1.31 bits per heavy atom. The van der Waals surface area contributed by atoms with Gasteiger partial charge in [0.1, 0.15) is 5.82 Å². The molecule has 1 aromatic rings. The Hall–Kier alpha value is -1.03. The largest absolute Gasteiger partial charge is 0.319 e. The molecular weight excluding hydrogens is 179 g/mol. The number of hydrogen-bond donors (Lipinski definition) is 1. The van der Waals surface area contributed by atoms with E-state index >= 15 is 0 Å². The van der Waals surface area contributed by atoms with Crippen LogP contribution in [0.15, 0.2) is 18.2 Å². The van der Waals surface area contributed by atoms with E-state index in [-0.39, 0.29) is 5.56 Å². The molecule has 1 unspecified atom stereocenters. The molecule has 4 heteroatoms. The number of hydrogen-bond acceptors (Lipinski definition) is 1. The van der Waals surface area contributed by atoms with Gasteiger partial charge in [-0.2, -0.15) is 0 Å². The first-order chi connectivity index (χ1) is 6.02. The van der Waals surface area contributed by atoms with E-state index < -0.39 is 18.3 Å². The van der Waals surface area contributed by atoms with Crippen molar-refractivity contribution in [2.75, 3.05) is 0 Å². The molecule has 0 aliphatic heterocycles. The maximum Gasteiger partial charge on any atom is 0.257 e. The van der Waals surface area contributed by atoms with Gasteiger partial charge in [0, 0.05) is 0 Å². The van der Waals surface area contributed by atoms with Crippen molar-refractivity contribution in [3.63, 3.8) is 0 Å². The van der Waals surface area contributed by atoms with Crippen LogP contribution >= 0.6 is 0 Å². The van der Waals surface area contributed by atoms with Crippen LogP contribution in [0.5, 0.6) is 0 Å². The van der Waals surface area contributed by atoms with E-state index in [1.165, 1.54) is 12.1 Å². The number of halogens is 3. The predicted octanol–water partition coefficient (Wildman–Crippen LogP) is 2.40. The lowest BCUT2D eigenvalue weighted by molar-refractivity contribution is 0.116. The van der Waals surface area contributed by atoms with Crippen molar-refractivity contribution in [2.45, 2.75) is 19.4 Å². The van der Waals surface area contributed by atoms with Crippen molar-refractivity contribution < 1.29 is 13.2 Å². The second-order valence-corrected chi connectivity index (χ2v) is 2.86. The van der Waals surface area contributed by atoms with Gasteiger partial charge in [0.15, 0.2) is 0 Å². The summed E-state index contributed by atoms with van der Waals surface area (Å²) in [5.41, 5.74) is 5.96. The molecule has 0 saturated carbocycles. The van der Waals surface area contributed by atoms with Gasteiger partial charge in [-0.05, 0) is 30.2 Å². The highest BCUT2D eigenvalue weighted by Gasteiger charge is 2.19. The molecule has 0 bridgehead atoms. The summed E-state index contributed by atoms with van der Waals surface area (Å²) in [5.74, 6) is -0.442. The van der Waals surface area contributed by atoms with Crippen molar-refractivity contribution >= 4 is 0 Å². The quantitative estimate of drug-likeness (QED) is 0.759. The third-order valence-corrected chi connectivity index (χ3v) is 1.86. The van der Waals surface area contributed by atoms with E-state index in [2.05, 4.69) is 0 Å². The normalized spacial score (nSPS) is 13.4. The standard InChI is InChI=1S/C9H10F3N/c1-5-4-6(10)2-3-7(5)8(13)9(11)12/h2-4,8-9H,13H2,1H3. The van der Waals surface area contributed by atoms with Gasteiger partial charge < -0.3 is 5.73 Å². The number of benzene rings is 1. The zero-order valence-electron chi connectivity index (χ0n) is 7.10. The maximum atomic E-state index is 12.6. The lowest BCUT2D eigenvalue weighted by Crippen LogP contribution is -2.19. The van der Waals surface area contributed by atoms with Crippen LogP contribution in [0.4, 0.5) is 13.2 Å².